The quantitative estimate of drug-likeness (QED) is 0.197. The summed E-state index contributed by atoms with van der Waals surface area (Å²) in [6, 6.07) is 11.6. The Bertz CT molecular complexity index is 1070. The molecule has 0 N–H and O–H groups in total. The highest BCUT2D eigenvalue weighted by Crippen LogP contribution is 2.39. The maximum Gasteiger partial charge on any atom is 0.228 e. The second-order valence-electron chi connectivity index (χ2n) is 7.62. The summed E-state index contributed by atoms with van der Waals surface area (Å²) in [6.45, 7) is 7.53. The molecule has 0 fully saturated rings. The Morgan fingerprint density at radius 2 is 1.79 bits per heavy atom. The van der Waals surface area contributed by atoms with Gasteiger partial charge in [-0.05, 0) is 61.7 Å². The minimum atomic E-state index is 0.0802. The summed E-state index contributed by atoms with van der Waals surface area (Å²) in [7, 11) is 3.28. The Balaban J connectivity index is 1.71. The number of fused-ring (bicyclic) bond motifs is 1. The van der Waals surface area contributed by atoms with Gasteiger partial charge < -0.3 is 14.4 Å². The predicted octanol–water partition coefficient (Wildman–Crippen LogP) is 6.21. The van der Waals surface area contributed by atoms with Gasteiger partial charge in [0.05, 0.1) is 23.9 Å². The molecule has 1 aromatic heterocycles. The number of carbonyl (C=O) groups excluding carboxylic acids is 1. The third kappa shape index (κ3) is 6.78. The number of halogens is 1. The summed E-state index contributed by atoms with van der Waals surface area (Å²) < 4.78 is 11.5. The lowest BCUT2D eigenvalue weighted by Crippen LogP contribution is -2.38. The molecule has 0 unspecified atom stereocenters. The molecule has 0 atom stereocenters. The van der Waals surface area contributed by atoms with Crippen LogP contribution in [-0.2, 0) is 4.79 Å². The molecule has 0 aliphatic rings. The molecule has 0 saturated heterocycles. The number of carbonyl (C=O) groups is 1. The van der Waals surface area contributed by atoms with E-state index in [1.165, 1.54) is 16.2 Å². The number of hydrogen-bond donors (Lipinski definition) is 0. The molecule has 1 amide bonds. The first-order chi connectivity index (χ1) is 16.5. The van der Waals surface area contributed by atoms with Crippen molar-refractivity contribution >= 4 is 56.0 Å². The molecular weight excluding hydrogens is 490 g/mol. The number of amides is 1. The van der Waals surface area contributed by atoms with Crippen molar-refractivity contribution in [3.63, 3.8) is 0 Å². The van der Waals surface area contributed by atoms with Crippen molar-refractivity contribution in [2.75, 3.05) is 51.1 Å². The molecule has 3 rings (SSSR count). The fourth-order valence-corrected chi connectivity index (χ4v) is 5.70. The van der Waals surface area contributed by atoms with Gasteiger partial charge in [0.15, 0.2) is 5.13 Å². The van der Waals surface area contributed by atoms with Crippen molar-refractivity contribution in [1.82, 2.24) is 9.88 Å². The van der Waals surface area contributed by atoms with Gasteiger partial charge in [0.1, 0.15) is 17.0 Å². The maximum atomic E-state index is 13.3. The lowest BCUT2D eigenvalue weighted by atomic mass is 10.3. The molecule has 0 saturated carbocycles. The number of thiazole rings is 1. The molecule has 0 radical (unpaired) electrons. The van der Waals surface area contributed by atoms with E-state index in [1.54, 1.807) is 26.0 Å². The van der Waals surface area contributed by atoms with Crippen LogP contribution in [0.2, 0.25) is 5.02 Å². The molecule has 6 nitrogen and oxygen atoms in total. The fourth-order valence-electron chi connectivity index (χ4n) is 3.55. The van der Waals surface area contributed by atoms with E-state index in [1.807, 2.05) is 41.3 Å². The molecule has 0 aliphatic carbocycles. The van der Waals surface area contributed by atoms with E-state index in [0.29, 0.717) is 34.4 Å². The first kappa shape index (κ1) is 26.6. The van der Waals surface area contributed by atoms with Gasteiger partial charge in [-0.25, -0.2) is 4.98 Å². The first-order valence-corrected chi connectivity index (χ1v) is 13.6. The smallest absolute Gasteiger partial charge is 0.228 e. The molecule has 0 spiro atoms. The van der Waals surface area contributed by atoms with Gasteiger partial charge >= 0.3 is 0 Å². The summed E-state index contributed by atoms with van der Waals surface area (Å²) in [4.78, 5) is 23.4. The van der Waals surface area contributed by atoms with Gasteiger partial charge in [0, 0.05) is 24.4 Å². The Hall–Kier alpha value is -2.00. The highest BCUT2D eigenvalue weighted by molar-refractivity contribution is 7.99. The van der Waals surface area contributed by atoms with Crippen LogP contribution < -0.4 is 14.4 Å². The summed E-state index contributed by atoms with van der Waals surface area (Å²) in [5.41, 5.74) is 0.700. The lowest BCUT2D eigenvalue weighted by molar-refractivity contribution is -0.118. The molecule has 0 bridgehead atoms. The van der Waals surface area contributed by atoms with Crippen molar-refractivity contribution in [2.45, 2.75) is 31.6 Å². The predicted molar refractivity (Wildman–Crippen MR) is 144 cm³/mol. The molecule has 34 heavy (non-hydrogen) atoms. The van der Waals surface area contributed by atoms with Crippen LogP contribution in [0.15, 0.2) is 41.3 Å². The molecule has 3 aromatic rings. The van der Waals surface area contributed by atoms with Crippen LogP contribution in [0.4, 0.5) is 5.13 Å². The molecule has 9 heteroatoms. The van der Waals surface area contributed by atoms with E-state index >= 15 is 0 Å². The monoisotopic (exact) mass is 521 g/mol. The van der Waals surface area contributed by atoms with Crippen LogP contribution in [0.3, 0.4) is 0 Å². The van der Waals surface area contributed by atoms with Crippen molar-refractivity contribution in [2.24, 2.45) is 0 Å². The topological polar surface area (TPSA) is 54.9 Å². The number of hydrogen-bond acceptors (Lipinski definition) is 7. The number of ether oxygens (including phenoxy) is 2. The van der Waals surface area contributed by atoms with E-state index in [0.717, 1.165) is 42.3 Å². The van der Waals surface area contributed by atoms with Crippen LogP contribution in [0, 0.1) is 0 Å². The molecule has 1 heterocycles. The Morgan fingerprint density at radius 3 is 2.44 bits per heavy atom. The van der Waals surface area contributed by atoms with Crippen LogP contribution in [0.5, 0.6) is 11.5 Å². The number of methoxy groups -OCH3 is 2. The number of aromatic nitrogens is 1. The number of nitrogens with zero attached hydrogens (tertiary/aromatic N) is 3. The maximum absolute atomic E-state index is 13.3. The van der Waals surface area contributed by atoms with Crippen LogP contribution in [-0.4, -0.2) is 61.9 Å². The number of rotatable bonds is 13. The summed E-state index contributed by atoms with van der Waals surface area (Å²) in [5.74, 6) is 2.45. The van der Waals surface area contributed by atoms with Crippen molar-refractivity contribution < 1.29 is 14.3 Å². The fraction of sp³-hybridized carbons (Fsp3) is 0.440. The van der Waals surface area contributed by atoms with Crippen molar-refractivity contribution in [3.05, 3.63) is 41.4 Å². The second-order valence-corrected chi connectivity index (χ2v) is 10.2. The van der Waals surface area contributed by atoms with E-state index in [2.05, 4.69) is 18.7 Å². The zero-order valence-electron chi connectivity index (χ0n) is 20.2. The number of thioether (sulfide) groups is 1. The summed E-state index contributed by atoms with van der Waals surface area (Å²) in [5, 5.41) is 1.29. The van der Waals surface area contributed by atoms with Gasteiger partial charge in [-0.15, -0.1) is 11.8 Å². The molecular formula is C25H32ClN3O3S2. The van der Waals surface area contributed by atoms with Gasteiger partial charge in [-0.3, -0.25) is 9.69 Å². The van der Waals surface area contributed by atoms with Crippen LogP contribution >= 0.6 is 34.7 Å². The van der Waals surface area contributed by atoms with Gasteiger partial charge in [-0.1, -0.05) is 36.8 Å². The van der Waals surface area contributed by atoms with E-state index in [-0.39, 0.29) is 5.91 Å². The van der Waals surface area contributed by atoms with E-state index in [9.17, 15) is 4.79 Å². The Labute approximate surface area is 215 Å². The zero-order valence-corrected chi connectivity index (χ0v) is 22.6. The minimum Gasteiger partial charge on any atom is -0.497 e. The average Bonchev–Trinajstić information content (AvgIpc) is 3.31. The number of anilines is 1. The van der Waals surface area contributed by atoms with Crippen LogP contribution in [0.25, 0.3) is 10.2 Å². The number of benzene rings is 2. The number of likely N-dealkylation sites (N-methyl/N-ethyl adjacent to an activating group) is 1. The first-order valence-electron chi connectivity index (χ1n) is 11.4. The Morgan fingerprint density at radius 1 is 1.06 bits per heavy atom. The molecule has 0 aliphatic heterocycles. The second kappa shape index (κ2) is 13.2. The minimum absolute atomic E-state index is 0.0802. The van der Waals surface area contributed by atoms with Gasteiger partial charge in [0.2, 0.25) is 5.91 Å². The lowest BCUT2D eigenvalue weighted by Gasteiger charge is -2.24. The largest absolute Gasteiger partial charge is 0.497 e. The summed E-state index contributed by atoms with van der Waals surface area (Å²) in [6.07, 6.45) is 1.24. The van der Waals surface area contributed by atoms with Gasteiger partial charge in [-0.2, -0.15) is 0 Å². The average molecular weight is 522 g/mol. The zero-order chi connectivity index (χ0) is 24.5. The highest BCUT2D eigenvalue weighted by Gasteiger charge is 2.22. The standard InChI is InChI=1S/C25H32ClN3O3S2/c1-5-28(6-2)15-16-29(25-27-23-21(32-4)14-13-20(26)24(23)34-25)22(30)8-7-17-33-19-11-9-18(31-3)10-12-19/h9-14H,5-8,15-17H2,1-4H3. The van der Waals surface area contributed by atoms with Gasteiger partial charge in [0.25, 0.3) is 0 Å². The normalized spacial score (nSPS) is 11.2. The van der Waals surface area contributed by atoms with Crippen LogP contribution in [0.1, 0.15) is 26.7 Å². The van der Waals surface area contributed by atoms with Crippen molar-refractivity contribution in [3.8, 4) is 11.5 Å². The third-order valence-corrected chi connectivity index (χ3v) is 8.23. The van der Waals surface area contributed by atoms with E-state index in [4.69, 9.17) is 26.1 Å². The Kier molecular flexibility index (Phi) is 10.3. The molecule has 184 valence electrons. The molecule has 2 aromatic carbocycles. The highest BCUT2D eigenvalue weighted by atomic mass is 35.5. The van der Waals surface area contributed by atoms with Crippen molar-refractivity contribution in [1.29, 1.82) is 0 Å². The third-order valence-electron chi connectivity index (χ3n) is 5.60. The van der Waals surface area contributed by atoms with E-state index < -0.39 is 0 Å². The SMILES string of the molecule is CCN(CC)CCN(C(=O)CCCSc1ccc(OC)cc1)c1nc2c(OC)ccc(Cl)c2s1. The summed E-state index contributed by atoms with van der Waals surface area (Å²) >= 11 is 9.61.